The van der Waals surface area contributed by atoms with Crippen LogP contribution in [0.2, 0.25) is 0 Å². The molecule has 6 heteroatoms. The van der Waals surface area contributed by atoms with Gasteiger partial charge in [-0.3, -0.25) is 14.4 Å². The molecule has 3 N–H and O–H groups in total. The molecule has 1 rings (SSSR count). The van der Waals surface area contributed by atoms with Crippen molar-refractivity contribution in [1.29, 1.82) is 0 Å². The van der Waals surface area contributed by atoms with Gasteiger partial charge in [0.05, 0.1) is 6.42 Å². The number of nitrogens with one attached hydrogen (secondary N) is 2. The quantitative estimate of drug-likeness (QED) is 0.728. The van der Waals surface area contributed by atoms with Gasteiger partial charge in [0.25, 0.3) is 0 Å². The molecule has 1 aromatic carbocycles. The Balaban J connectivity index is 2.85. The van der Waals surface area contributed by atoms with Crippen LogP contribution >= 0.6 is 0 Å². The molecule has 0 aliphatic carbocycles. The summed E-state index contributed by atoms with van der Waals surface area (Å²) in [5.41, 5.74) is 0.906. The normalized spacial score (nSPS) is 11.8. The number of aliphatic carboxylic acids is 1. The largest absolute Gasteiger partial charge is 0.481 e. The number of amides is 2. The zero-order valence-corrected chi connectivity index (χ0v) is 15.8. The van der Waals surface area contributed by atoms with Crippen LogP contribution in [0.25, 0.3) is 0 Å². The summed E-state index contributed by atoms with van der Waals surface area (Å²) < 4.78 is 0. The highest BCUT2D eigenvalue weighted by molar-refractivity contribution is 5.96. The smallest absolute Gasteiger partial charge is 0.303 e. The van der Waals surface area contributed by atoms with E-state index in [1.54, 1.807) is 26.0 Å². The topological polar surface area (TPSA) is 95.5 Å². The predicted octanol–water partition coefficient (Wildman–Crippen LogP) is 3.81. The summed E-state index contributed by atoms with van der Waals surface area (Å²) in [6.07, 6.45) is 0.0123. The molecule has 0 spiro atoms. The Hall–Kier alpha value is -2.37. The van der Waals surface area contributed by atoms with Crippen molar-refractivity contribution >= 4 is 29.2 Å². The summed E-state index contributed by atoms with van der Waals surface area (Å²) in [6, 6.07) is 5.31. The first-order chi connectivity index (χ1) is 11.3. The van der Waals surface area contributed by atoms with Crippen molar-refractivity contribution in [3.8, 4) is 0 Å². The molecule has 0 aromatic heterocycles. The van der Waals surface area contributed by atoms with E-state index >= 15 is 0 Å². The highest BCUT2D eigenvalue weighted by Crippen LogP contribution is 2.27. The van der Waals surface area contributed by atoms with E-state index in [0.29, 0.717) is 11.4 Å². The highest BCUT2D eigenvalue weighted by atomic mass is 16.4. The maximum absolute atomic E-state index is 12.3. The van der Waals surface area contributed by atoms with E-state index in [9.17, 15) is 14.4 Å². The lowest BCUT2D eigenvalue weighted by molar-refractivity contribution is -0.139. The molecular weight excluding hydrogens is 320 g/mol. The van der Waals surface area contributed by atoms with Gasteiger partial charge in [0.1, 0.15) is 0 Å². The number of carbonyl (C=O) groups is 3. The number of carboxylic acids is 1. The Morgan fingerprint density at radius 1 is 1.00 bits per heavy atom. The molecule has 0 saturated carbocycles. The minimum absolute atomic E-state index is 0.0823. The minimum Gasteiger partial charge on any atom is -0.481 e. The number of aryl methyl sites for hydroxylation is 1. The summed E-state index contributed by atoms with van der Waals surface area (Å²) in [7, 11) is 0. The SMILES string of the molecule is Cc1ccc(NC(=O)C(C)(C)C)cc1NC(=O)CC(C)(C)CC(=O)O. The predicted molar refractivity (Wildman–Crippen MR) is 98.5 cm³/mol. The van der Waals surface area contributed by atoms with E-state index < -0.39 is 16.8 Å². The van der Waals surface area contributed by atoms with Crippen molar-refractivity contribution in [2.75, 3.05) is 10.6 Å². The minimum atomic E-state index is -0.930. The van der Waals surface area contributed by atoms with E-state index in [0.717, 1.165) is 5.56 Å². The third kappa shape index (κ3) is 6.95. The molecule has 0 aliphatic heterocycles. The monoisotopic (exact) mass is 348 g/mol. The highest BCUT2D eigenvalue weighted by Gasteiger charge is 2.25. The fraction of sp³-hybridized carbons (Fsp3) is 0.526. The Bertz CT molecular complexity index is 672. The average molecular weight is 348 g/mol. The lowest BCUT2D eigenvalue weighted by Crippen LogP contribution is -2.27. The molecule has 0 bridgehead atoms. The van der Waals surface area contributed by atoms with E-state index in [1.807, 2.05) is 33.8 Å². The second-order valence-electron chi connectivity index (χ2n) is 8.19. The van der Waals surface area contributed by atoms with E-state index in [1.165, 1.54) is 0 Å². The average Bonchev–Trinajstić information content (AvgIpc) is 2.38. The molecular formula is C19H28N2O4. The second kappa shape index (κ2) is 7.68. The molecule has 2 amide bonds. The molecule has 6 nitrogen and oxygen atoms in total. The van der Waals surface area contributed by atoms with Gasteiger partial charge in [0, 0.05) is 23.2 Å². The summed E-state index contributed by atoms with van der Waals surface area (Å²) in [6.45, 7) is 10.8. The number of benzene rings is 1. The van der Waals surface area contributed by atoms with Crippen LogP contribution in [0.3, 0.4) is 0 Å². The summed E-state index contributed by atoms with van der Waals surface area (Å²) >= 11 is 0. The third-order valence-corrected chi connectivity index (χ3v) is 3.72. The number of rotatable bonds is 6. The molecule has 0 aliphatic rings. The Kier molecular flexibility index (Phi) is 6.35. The van der Waals surface area contributed by atoms with Crippen LogP contribution in [0.4, 0.5) is 11.4 Å². The van der Waals surface area contributed by atoms with E-state index in [4.69, 9.17) is 5.11 Å². The fourth-order valence-corrected chi connectivity index (χ4v) is 2.25. The van der Waals surface area contributed by atoms with Crippen LogP contribution in [-0.4, -0.2) is 22.9 Å². The van der Waals surface area contributed by atoms with Crippen LogP contribution in [-0.2, 0) is 14.4 Å². The number of carbonyl (C=O) groups excluding carboxylic acids is 2. The van der Waals surface area contributed by atoms with Gasteiger partial charge >= 0.3 is 5.97 Å². The zero-order chi connectivity index (χ0) is 19.4. The van der Waals surface area contributed by atoms with Crippen molar-refractivity contribution in [1.82, 2.24) is 0 Å². The maximum Gasteiger partial charge on any atom is 0.303 e. The lowest BCUT2D eigenvalue weighted by Gasteiger charge is -2.22. The Morgan fingerprint density at radius 3 is 2.12 bits per heavy atom. The van der Waals surface area contributed by atoms with Gasteiger partial charge in [0.15, 0.2) is 0 Å². The van der Waals surface area contributed by atoms with Gasteiger partial charge in [-0.15, -0.1) is 0 Å². The van der Waals surface area contributed by atoms with Gasteiger partial charge in [-0.25, -0.2) is 0 Å². The number of hydrogen-bond donors (Lipinski definition) is 3. The van der Waals surface area contributed by atoms with Gasteiger partial charge in [-0.1, -0.05) is 40.7 Å². The maximum atomic E-state index is 12.3. The molecule has 0 radical (unpaired) electrons. The third-order valence-electron chi connectivity index (χ3n) is 3.72. The number of anilines is 2. The van der Waals surface area contributed by atoms with Crippen LogP contribution in [0, 0.1) is 17.8 Å². The Labute approximate surface area is 149 Å². The first-order valence-electron chi connectivity index (χ1n) is 8.24. The lowest BCUT2D eigenvalue weighted by atomic mass is 9.85. The van der Waals surface area contributed by atoms with Gasteiger partial charge < -0.3 is 15.7 Å². The first kappa shape index (κ1) is 20.7. The molecule has 1 aromatic rings. The summed E-state index contributed by atoms with van der Waals surface area (Å²) in [5.74, 6) is -1.30. The van der Waals surface area contributed by atoms with Crippen molar-refractivity contribution in [3.05, 3.63) is 23.8 Å². The zero-order valence-electron chi connectivity index (χ0n) is 15.8. The molecule has 0 unspecified atom stereocenters. The van der Waals surface area contributed by atoms with Crippen molar-refractivity contribution in [3.63, 3.8) is 0 Å². The summed E-state index contributed by atoms with van der Waals surface area (Å²) in [5, 5.41) is 14.5. The fourth-order valence-electron chi connectivity index (χ4n) is 2.25. The molecule has 138 valence electrons. The van der Waals surface area contributed by atoms with Gasteiger partial charge in [-0.05, 0) is 30.0 Å². The Morgan fingerprint density at radius 2 is 1.60 bits per heavy atom. The van der Waals surface area contributed by atoms with Crippen molar-refractivity contribution in [2.24, 2.45) is 10.8 Å². The van der Waals surface area contributed by atoms with Crippen LogP contribution in [0.15, 0.2) is 18.2 Å². The van der Waals surface area contributed by atoms with Crippen molar-refractivity contribution in [2.45, 2.75) is 54.4 Å². The van der Waals surface area contributed by atoms with E-state index in [2.05, 4.69) is 10.6 Å². The van der Waals surface area contributed by atoms with Crippen molar-refractivity contribution < 1.29 is 19.5 Å². The molecule has 0 heterocycles. The van der Waals surface area contributed by atoms with Crippen LogP contribution in [0.1, 0.15) is 53.0 Å². The number of carboxylic acid groups (broad SMARTS) is 1. The molecule has 0 saturated heterocycles. The van der Waals surface area contributed by atoms with Crippen LogP contribution in [0.5, 0.6) is 0 Å². The molecule has 25 heavy (non-hydrogen) atoms. The van der Waals surface area contributed by atoms with Gasteiger partial charge in [0.2, 0.25) is 11.8 Å². The van der Waals surface area contributed by atoms with Gasteiger partial charge in [-0.2, -0.15) is 0 Å². The standard InChI is InChI=1S/C19H28N2O4/c1-12-7-8-13(20-17(25)18(2,3)4)9-14(12)21-15(22)10-19(5,6)11-16(23)24/h7-9H,10-11H2,1-6H3,(H,20,25)(H,21,22)(H,23,24). The van der Waals surface area contributed by atoms with Crippen LogP contribution < -0.4 is 10.6 Å². The van der Waals surface area contributed by atoms with E-state index in [-0.39, 0.29) is 24.7 Å². The molecule has 0 fully saturated rings. The second-order valence-corrected chi connectivity index (χ2v) is 8.19. The number of hydrogen-bond acceptors (Lipinski definition) is 3. The first-order valence-corrected chi connectivity index (χ1v) is 8.24. The molecule has 0 atom stereocenters. The summed E-state index contributed by atoms with van der Waals surface area (Å²) in [4.78, 5) is 35.2.